The van der Waals surface area contributed by atoms with Gasteiger partial charge in [0.05, 0.1) is 0 Å². The highest BCUT2D eigenvalue weighted by molar-refractivity contribution is 5.23. The van der Waals surface area contributed by atoms with Crippen LogP contribution in [-0.4, -0.2) is 17.2 Å². The lowest BCUT2D eigenvalue weighted by atomic mass is 10.1. The number of nitrogens with one attached hydrogen (secondary N) is 1. The lowest BCUT2D eigenvalue weighted by Crippen LogP contribution is -2.17. The van der Waals surface area contributed by atoms with E-state index < -0.39 is 0 Å². The smallest absolute Gasteiger partial charge is 0.237 e. The van der Waals surface area contributed by atoms with Crippen molar-refractivity contribution in [3.8, 4) is 0 Å². The molecule has 2 aromatic rings. The van der Waals surface area contributed by atoms with Crippen LogP contribution in [0.4, 0.5) is 0 Å². The third kappa shape index (κ3) is 2.04. The zero-order valence-corrected chi connectivity index (χ0v) is 10.6. The molecular formula is C14H17N3O. The van der Waals surface area contributed by atoms with Gasteiger partial charge in [0.1, 0.15) is 6.04 Å². The lowest BCUT2D eigenvalue weighted by molar-refractivity contribution is 0.413. The Labute approximate surface area is 106 Å². The van der Waals surface area contributed by atoms with Gasteiger partial charge < -0.3 is 9.73 Å². The van der Waals surface area contributed by atoms with Crippen LogP contribution in [0.25, 0.3) is 0 Å². The molecule has 1 aromatic carbocycles. The van der Waals surface area contributed by atoms with Gasteiger partial charge in [-0.15, -0.1) is 10.2 Å². The van der Waals surface area contributed by atoms with E-state index in [0.717, 1.165) is 17.9 Å². The molecule has 0 spiro atoms. The summed E-state index contributed by atoms with van der Waals surface area (Å²) in [7, 11) is 1.90. The number of rotatable bonds is 4. The molecule has 4 heteroatoms. The Balaban J connectivity index is 1.86. The van der Waals surface area contributed by atoms with E-state index in [-0.39, 0.29) is 6.04 Å². The minimum Gasteiger partial charge on any atom is -0.423 e. The van der Waals surface area contributed by atoms with Crippen LogP contribution in [0.3, 0.4) is 0 Å². The average molecular weight is 243 g/mol. The summed E-state index contributed by atoms with van der Waals surface area (Å²) in [6.07, 6.45) is 1.16. The molecule has 1 aromatic heterocycles. The Hall–Kier alpha value is -1.68. The highest BCUT2D eigenvalue weighted by Gasteiger charge is 2.39. The maximum atomic E-state index is 5.80. The highest BCUT2D eigenvalue weighted by atomic mass is 16.4. The third-order valence-electron chi connectivity index (χ3n) is 3.55. The molecule has 94 valence electrons. The van der Waals surface area contributed by atoms with Crippen LogP contribution in [-0.2, 0) is 0 Å². The summed E-state index contributed by atoms with van der Waals surface area (Å²) in [4.78, 5) is 0. The van der Waals surface area contributed by atoms with E-state index in [4.69, 9.17) is 4.42 Å². The molecule has 1 fully saturated rings. The number of aromatic nitrogens is 2. The summed E-state index contributed by atoms with van der Waals surface area (Å²) in [5.41, 5.74) is 1.14. The van der Waals surface area contributed by atoms with Crippen molar-refractivity contribution in [2.75, 3.05) is 7.05 Å². The topological polar surface area (TPSA) is 51.0 Å². The van der Waals surface area contributed by atoms with Crippen molar-refractivity contribution in [3.63, 3.8) is 0 Å². The summed E-state index contributed by atoms with van der Waals surface area (Å²) < 4.78 is 5.80. The molecule has 0 radical (unpaired) electrons. The van der Waals surface area contributed by atoms with Crippen molar-refractivity contribution >= 4 is 0 Å². The second-order valence-electron chi connectivity index (χ2n) is 4.93. The molecule has 1 aliphatic carbocycles. The Morgan fingerprint density at radius 3 is 2.61 bits per heavy atom. The SMILES string of the molecule is CNC(c1ccccc1)c1nnc(C2CC2C)o1. The fourth-order valence-corrected chi connectivity index (χ4v) is 2.26. The summed E-state index contributed by atoms with van der Waals surface area (Å²) in [6.45, 7) is 2.21. The normalized spacial score (nSPS) is 23.9. The fourth-order valence-electron chi connectivity index (χ4n) is 2.26. The molecular weight excluding hydrogens is 226 g/mol. The molecule has 3 atom stereocenters. The van der Waals surface area contributed by atoms with E-state index >= 15 is 0 Å². The zero-order valence-electron chi connectivity index (χ0n) is 10.6. The maximum Gasteiger partial charge on any atom is 0.237 e. The van der Waals surface area contributed by atoms with Crippen LogP contribution < -0.4 is 5.32 Å². The number of hydrogen-bond acceptors (Lipinski definition) is 4. The molecule has 1 N–H and O–H groups in total. The molecule has 0 amide bonds. The van der Waals surface area contributed by atoms with Gasteiger partial charge in [0.25, 0.3) is 0 Å². The molecule has 1 saturated carbocycles. The Morgan fingerprint density at radius 1 is 1.28 bits per heavy atom. The van der Waals surface area contributed by atoms with E-state index in [1.165, 1.54) is 0 Å². The highest BCUT2D eigenvalue weighted by Crippen LogP contribution is 2.46. The van der Waals surface area contributed by atoms with Crippen molar-refractivity contribution in [1.82, 2.24) is 15.5 Å². The van der Waals surface area contributed by atoms with E-state index in [0.29, 0.717) is 17.7 Å². The quantitative estimate of drug-likeness (QED) is 0.896. The molecule has 1 heterocycles. The first-order valence-electron chi connectivity index (χ1n) is 6.35. The number of hydrogen-bond donors (Lipinski definition) is 1. The van der Waals surface area contributed by atoms with Gasteiger partial charge in [0.2, 0.25) is 11.8 Å². The van der Waals surface area contributed by atoms with Crippen molar-refractivity contribution < 1.29 is 4.42 Å². The van der Waals surface area contributed by atoms with Crippen LogP contribution in [0.15, 0.2) is 34.7 Å². The molecule has 0 bridgehead atoms. The summed E-state index contributed by atoms with van der Waals surface area (Å²) in [5, 5.41) is 11.6. The minimum atomic E-state index is -0.0264. The lowest BCUT2D eigenvalue weighted by Gasteiger charge is -2.11. The molecule has 1 aliphatic rings. The number of benzene rings is 1. The zero-order chi connectivity index (χ0) is 12.5. The number of nitrogens with zero attached hydrogens (tertiary/aromatic N) is 2. The first kappa shape index (κ1) is 11.4. The van der Waals surface area contributed by atoms with Gasteiger partial charge in [-0.2, -0.15) is 0 Å². The van der Waals surface area contributed by atoms with Gasteiger partial charge in [-0.25, -0.2) is 0 Å². The van der Waals surface area contributed by atoms with Crippen LogP contribution in [0.1, 0.15) is 42.6 Å². The molecule has 0 saturated heterocycles. The summed E-state index contributed by atoms with van der Waals surface area (Å²) in [6, 6.07) is 10.1. The molecule has 0 aliphatic heterocycles. The van der Waals surface area contributed by atoms with Crippen LogP contribution in [0, 0.1) is 5.92 Å². The van der Waals surface area contributed by atoms with Crippen molar-refractivity contribution in [2.45, 2.75) is 25.3 Å². The van der Waals surface area contributed by atoms with Gasteiger partial charge >= 0.3 is 0 Å². The van der Waals surface area contributed by atoms with Crippen molar-refractivity contribution in [2.24, 2.45) is 5.92 Å². The van der Waals surface area contributed by atoms with E-state index in [9.17, 15) is 0 Å². The first-order valence-corrected chi connectivity index (χ1v) is 6.35. The first-order chi connectivity index (χ1) is 8.79. The largest absolute Gasteiger partial charge is 0.423 e. The van der Waals surface area contributed by atoms with Crippen LogP contribution >= 0.6 is 0 Å². The van der Waals surface area contributed by atoms with Gasteiger partial charge in [-0.3, -0.25) is 0 Å². The predicted octanol–water partition coefficient (Wildman–Crippen LogP) is 2.50. The molecule has 18 heavy (non-hydrogen) atoms. The third-order valence-corrected chi connectivity index (χ3v) is 3.55. The fraction of sp³-hybridized carbons (Fsp3) is 0.429. The van der Waals surface area contributed by atoms with Gasteiger partial charge in [-0.1, -0.05) is 37.3 Å². The van der Waals surface area contributed by atoms with Gasteiger partial charge in [0.15, 0.2) is 0 Å². The monoisotopic (exact) mass is 243 g/mol. The minimum absolute atomic E-state index is 0.0264. The second kappa shape index (κ2) is 4.53. The second-order valence-corrected chi connectivity index (χ2v) is 4.93. The van der Waals surface area contributed by atoms with Crippen molar-refractivity contribution in [3.05, 3.63) is 47.7 Å². The Kier molecular flexibility index (Phi) is 2.88. The average Bonchev–Trinajstić information content (AvgIpc) is 2.94. The Bertz CT molecular complexity index is 523. The summed E-state index contributed by atoms with van der Waals surface area (Å²) >= 11 is 0. The maximum absolute atomic E-state index is 5.80. The predicted molar refractivity (Wildman–Crippen MR) is 68.2 cm³/mol. The van der Waals surface area contributed by atoms with Crippen LogP contribution in [0.5, 0.6) is 0 Å². The van der Waals surface area contributed by atoms with Crippen LogP contribution in [0.2, 0.25) is 0 Å². The molecule has 3 unspecified atom stereocenters. The Morgan fingerprint density at radius 2 is 2.00 bits per heavy atom. The standard InChI is InChI=1S/C14H17N3O/c1-9-8-11(9)13-16-17-14(18-13)12(15-2)10-6-4-3-5-7-10/h3-7,9,11-12,15H,8H2,1-2H3. The van der Waals surface area contributed by atoms with E-state index in [1.807, 2.05) is 25.2 Å². The molecule has 3 rings (SSSR count). The van der Waals surface area contributed by atoms with E-state index in [2.05, 4.69) is 34.6 Å². The van der Waals surface area contributed by atoms with E-state index in [1.54, 1.807) is 0 Å². The van der Waals surface area contributed by atoms with Gasteiger partial charge in [0, 0.05) is 5.92 Å². The van der Waals surface area contributed by atoms with Crippen molar-refractivity contribution in [1.29, 1.82) is 0 Å². The van der Waals surface area contributed by atoms with Gasteiger partial charge in [-0.05, 0) is 24.9 Å². The molecule has 4 nitrogen and oxygen atoms in total. The summed E-state index contributed by atoms with van der Waals surface area (Å²) in [5.74, 6) is 2.59.